The predicted octanol–water partition coefficient (Wildman–Crippen LogP) is 4.10. The van der Waals surface area contributed by atoms with Crippen molar-refractivity contribution >= 4 is 31.4 Å². The van der Waals surface area contributed by atoms with Crippen LogP contribution in [-0.2, 0) is 20.0 Å². The van der Waals surface area contributed by atoms with Gasteiger partial charge in [0.1, 0.15) is 5.69 Å². The molecule has 0 atom stereocenters. The smallest absolute Gasteiger partial charge is 0.258 e. The fourth-order valence-electron chi connectivity index (χ4n) is 3.01. The van der Waals surface area contributed by atoms with Gasteiger partial charge in [0, 0.05) is 6.07 Å². The third-order valence-electron chi connectivity index (χ3n) is 4.67. The van der Waals surface area contributed by atoms with E-state index < -0.39 is 36.3 Å². The Labute approximate surface area is 181 Å². The molecule has 3 aromatic rings. The molecule has 0 amide bonds. The van der Waals surface area contributed by atoms with Crippen molar-refractivity contribution in [3.05, 3.63) is 93.5 Å². The minimum absolute atomic E-state index is 0.126. The summed E-state index contributed by atoms with van der Waals surface area (Å²) >= 11 is 0. The largest absolute Gasteiger partial charge is 0.295 e. The lowest BCUT2D eigenvalue weighted by atomic mass is 10.2. The highest BCUT2D eigenvalue weighted by atomic mass is 32.3. The van der Waals surface area contributed by atoms with Crippen LogP contribution in [0.5, 0.6) is 0 Å². The molecule has 0 saturated carbocycles. The zero-order valence-corrected chi connectivity index (χ0v) is 18.6. The van der Waals surface area contributed by atoms with Gasteiger partial charge < -0.3 is 0 Å². The van der Waals surface area contributed by atoms with E-state index in [-0.39, 0.29) is 19.1 Å². The van der Waals surface area contributed by atoms with E-state index in [1.54, 1.807) is 13.8 Å². The van der Waals surface area contributed by atoms with Crippen molar-refractivity contribution in [3.63, 3.8) is 0 Å². The lowest BCUT2D eigenvalue weighted by Gasteiger charge is -2.25. The first kappa shape index (κ1) is 22.4. The summed E-state index contributed by atoms with van der Waals surface area (Å²) in [6, 6.07) is 15.0. The Bertz CT molecular complexity index is 1270. The van der Waals surface area contributed by atoms with E-state index in [1.807, 2.05) is 0 Å². The lowest BCUT2D eigenvalue weighted by Crippen LogP contribution is -2.38. The van der Waals surface area contributed by atoms with Crippen molar-refractivity contribution in [1.82, 2.24) is 0 Å². The molecule has 10 heteroatoms. The predicted molar refractivity (Wildman–Crippen MR) is 117 cm³/mol. The van der Waals surface area contributed by atoms with E-state index in [9.17, 15) is 26.9 Å². The topological polar surface area (TPSA) is 115 Å². The van der Waals surface area contributed by atoms with Crippen LogP contribution < -0.4 is 3.71 Å². The second-order valence-corrected chi connectivity index (χ2v) is 10.8. The summed E-state index contributed by atoms with van der Waals surface area (Å²) in [6.45, 7) is 4.93. The monoisotopic (exact) mass is 460 g/mol. The molecule has 8 nitrogen and oxygen atoms in total. The molecule has 0 saturated heterocycles. The van der Waals surface area contributed by atoms with Crippen LogP contribution in [0.1, 0.15) is 16.7 Å². The molecule has 0 bridgehead atoms. The summed E-state index contributed by atoms with van der Waals surface area (Å²) in [5.74, 6) is 0. The standard InChI is InChI=1S/C21H20N2O6S2/c1-15-7-11-18(12-8-15)30(26,27)23(21-17(3)5-4-6-20(21)22(24)25)31(28,29)19-13-9-16(2)10-14-19/h4-14H,1-3H3. The van der Waals surface area contributed by atoms with E-state index in [0.717, 1.165) is 17.2 Å². The van der Waals surface area contributed by atoms with Crippen molar-refractivity contribution in [2.45, 2.75) is 30.6 Å². The Hall–Kier alpha value is -3.24. The summed E-state index contributed by atoms with van der Waals surface area (Å²) < 4.78 is 54.5. The van der Waals surface area contributed by atoms with Gasteiger partial charge in [0.25, 0.3) is 25.7 Å². The molecule has 0 heterocycles. The molecule has 3 aromatic carbocycles. The van der Waals surface area contributed by atoms with Crippen LogP contribution in [0, 0.1) is 30.9 Å². The molecule has 0 aliphatic heterocycles. The number of hydrogen-bond acceptors (Lipinski definition) is 6. The normalized spacial score (nSPS) is 11.8. The summed E-state index contributed by atoms with van der Waals surface area (Å²) in [5.41, 5.74) is 0.517. The second-order valence-electron chi connectivity index (χ2n) is 7.03. The van der Waals surface area contributed by atoms with E-state index >= 15 is 0 Å². The maximum atomic E-state index is 13.6. The molecule has 0 aliphatic carbocycles. The lowest BCUT2D eigenvalue weighted by molar-refractivity contribution is -0.384. The van der Waals surface area contributed by atoms with Crippen molar-refractivity contribution < 1.29 is 21.8 Å². The number of aryl methyl sites for hydroxylation is 3. The first-order valence-electron chi connectivity index (χ1n) is 9.14. The Morgan fingerprint density at radius 2 is 1.13 bits per heavy atom. The molecule has 3 rings (SSSR count). The van der Waals surface area contributed by atoms with Gasteiger partial charge in [0.2, 0.25) is 0 Å². The van der Waals surface area contributed by atoms with E-state index in [1.165, 1.54) is 67.6 Å². The number of sulfonamides is 2. The maximum Gasteiger partial charge on any atom is 0.295 e. The number of anilines is 1. The number of para-hydroxylation sites is 1. The number of rotatable bonds is 6. The zero-order valence-electron chi connectivity index (χ0n) is 17.0. The van der Waals surface area contributed by atoms with Crippen molar-refractivity contribution in [2.75, 3.05) is 3.71 Å². The highest BCUT2D eigenvalue weighted by Crippen LogP contribution is 2.39. The molecule has 162 valence electrons. The fourth-order valence-corrected chi connectivity index (χ4v) is 6.86. The zero-order chi connectivity index (χ0) is 23.0. The molecule has 0 aromatic heterocycles. The Morgan fingerprint density at radius 1 is 0.710 bits per heavy atom. The molecule has 0 radical (unpaired) electrons. The molecule has 31 heavy (non-hydrogen) atoms. The average Bonchev–Trinajstić information content (AvgIpc) is 2.69. The summed E-state index contributed by atoms with van der Waals surface area (Å²) in [4.78, 5) is 10.3. The van der Waals surface area contributed by atoms with Crippen LogP contribution in [0.2, 0.25) is 0 Å². The van der Waals surface area contributed by atoms with Crippen LogP contribution in [-0.4, -0.2) is 21.8 Å². The van der Waals surface area contributed by atoms with Gasteiger partial charge in [-0.1, -0.05) is 47.5 Å². The van der Waals surface area contributed by atoms with Crippen LogP contribution in [0.25, 0.3) is 0 Å². The quantitative estimate of drug-likeness (QED) is 0.404. The van der Waals surface area contributed by atoms with Crippen LogP contribution >= 0.6 is 0 Å². The summed E-state index contributed by atoms with van der Waals surface area (Å²) in [6.07, 6.45) is 0. The van der Waals surface area contributed by atoms with E-state index in [2.05, 4.69) is 0 Å². The van der Waals surface area contributed by atoms with Gasteiger partial charge in [0.15, 0.2) is 0 Å². The van der Waals surface area contributed by atoms with E-state index in [0.29, 0.717) is 0 Å². The number of nitro groups is 1. The molecule has 0 N–H and O–H groups in total. The summed E-state index contributed by atoms with van der Waals surface area (Å²) in [7, 11) is -9.45. The van der Waals surface area contributed by atoms with Gasteiger partial charge in [0.05, 0.1) is 14.7 Å². The van der Waals surface area contributed by atoms with Gasteiger partial charge in [-0.15, -0.1) is 3.71 Å². The van der Waals surface area contributed by atoms with Gasteiger partial charge in [-0.05, 0) is 50.6 Å². The summed E-state index contributed by atoms with van der Waals surface area (Å²) in [5, 5.41) is 11.7. The van der Waals surface area contributed by atoms with Crippen LogP contribution in [0.3, 0.4) is 0 Å². The molecular weight excluding hydrogens is 440 g/mol. The third-order valence-corrected chi connectivity index (χ3v) is 8.82. The third kappa shape index (κ3) is 4.17. The SMILES string of the molecule is Cc1ccc(S(=O)(=O)N(c2c(C)cccc2[N+](=O)[O-])S(=O)(=O)c2ccc(C)cc2)cc1. The highest BCUT2D eigenvalue weighted by molar-refractivity contribution is 8.10. The number of nitro benzene ring substituents is 1. The number of nitrogens with zero attached hydrogens (tertiary/aromatic N) is 2. The average molecular weight is 461 g/mol. The highest BCUT2D eigenvalue weighted by Gasteiger charge is 2.41. The van der Waals surface area contributed by atoms with Crippen molar-refractivity contribution in [1.29, 1.82) is 0 Å². The van der Waals surface area contributed by atoms with E-state index in [4.69, 9.17) is 0 Å². The Balaban J connectivity index is 2.40. The minimum Gasteiger partial charge on any atom is -0.258 e. The molecule has 0 aliphatic rings. The first-order chi connectivity index (χ1) is 14.5. The number of hydrogen-bond donors (Lipinski definition) is 0. The Morgan fingerprint density at radius 3 is 1.52 bits per heavy atom. The molecule has 0 spiro atoms. The van der Waals surface area contributed by atoms with Crippen molar-refractivity contribution in [3.8, 4) is 0 Å². The number of benzene rings is 3. The Kier molecular flexibility index (Phi) is 5.88. The van der Waals surface area contributed by atoms with Crippen LogP contribution in [0.4, 0.5) is 11.4 Å². The van der Waals surface area contributed by atoms with Gasteiger partial charge >= 0.3 is 0 Å². The van der Waals surface area contributed by atoms with Crippen molar-refractivity contribution in [2.24, 2.45) is 0 Å². The molecule has 0 fully saturated rings. The maximum absolute atomic E-state index is 13.6. The minimum atomic E-state index is -4.72. The van der Waals surface area contributed by atoms with Gasteiger partial charge in [-0.3, -0.25) is 10.1 Å². The van der Waals surface area contributed by atoms with Gasteiger partial charge in [-0.25, -0.2) is 16.8 Å². The van der Waals surface area contributed by atoms with Crippen LogP contribution in [0.15, 0.2) is 76.5 Å². The second kappa shape index (κ2) is 8.12. The molecule has 0 unspecified atom stereocenters. The molecular formula is C21H20N2O6S2. The fraction of sp³-hybridized carbons (Fsp3) is 0.143. The first-order valence-corrected chi connectivity index (χ1v) is 12.0. The van der Waals surface area contributed by atoms with Gasteiger partial charge in [-0.2, -0.15) is 0 Å².